The average Bonchev–Trinajstić information content (AvgIpc) is 2.99. The van der Waals surface area contributed by atoms with Crippen LogP contribution in [0.5, 0.6) is 0 Å². The lowest BCUT2D eigenvalue weighted by molar-refractivity contribution is -0.137. The van der Waals surface area contributed by atoms with E-state index in [0.717, 1.165) is 11.6 Å². The standard InChI is InChI=1S/C21H21ClF3N3O2/c1-12(30)27-20(2,3)19-26-17-10-15(21(23,24)25)16(22)11-18(17)28(19)14-6-4-13(5-7-14)8-9-29/h4-7,10-11,29H,8-9H2,1-3H3,(H,27,30). The van der Waals surface area contributed by atoms with E-state index in [-0.39, 0.29) is 18.0 Å². The molecule has 160 valence electrons. The summed E-state index contributed by atoms with van der Waals surface area (Å²) in [4.78, 5) is 16.1. The van der Waals surface area contributed by atoms with Crippen LogP contribution in [0.2, 0.25) is 5.02 Å². The van der Waals surface area contributed by atoms with Crippen molar-refractivity contribution >= 4 is 28.5 Å². The molecule has 0 spiro atoms. The molecule has 1 heterocycles. The van der Waals surface area contributed by atoms with Crippen molar-refractivity contribution in [2.45, 2.75) is 38.9 Å². The molecule has 30 heavy (non-hydrogen) atoms. The first-order valence-electron chi connectivity index (χ1n) is 9.22. The van der Waals surface area contributed by atoms with Crippen molar-refractivity contribution in [1.82, 2.24) is 14.9 Å². The first-order chi connectivity index (χ1) is 13.9. The van der Waals surface area contributed by atoms with Crippen molar-refractivity contribution in [2.75, 3.05) is 6.61 Å². The number of benzene rings is 2. The van der Waals surface area contributed by atoms with Gasteiger partial charge in [-0.3, -0.25) is 9.36 Å². The Hall–Kier alpha value is -2.58. The highest BCUT2D eigenvalue weighted by Crippen LogP contribution is 2.38. The SMILES string of the molecule is CC(=O)NC(C)(C)c1nc2cc(C(F)(F)F)c(Cl)cc2n1-c1ccc(CCO)cc1. The van der Waals surface area contributed by atoms with Crippen molar-refractivity contribution < 1.29 is 23.1 Å². The zero-order chi connectivity index (χ0) is 22.3. The summed E-state index contributed by atoms with van der Waals surface area (Å²) in [6, 6.07) is 9.36. The molecule has 0 saturated heterocycles. The number of hydrogen-bond acceptors (Lipinski definition) is 3. The molecular weight excluding hydrogens is 419 g/mol. The van der Waals surface area contributed by atoms with Gasteiger partial charge >= 0.3 is 6.18 Å². The number of fused-ring (bicyclic) bond motifs is 1. The van der Waals surface area contributed by atoms with Gasteiger partial charge in [-0.1, -0.05) is 23.7 Å². The van der Waals surface area contributed by atoms with Crippen LogP contribution in [0, 0.1) is 0 Å². The van der Waals surface area contributed by atoms with Gasteiger partial charge < -0.3 is 10.4 Å². The summed E-state index contributed by atoms with van der Waals surface area (Å²) in [5.74, 6) is 0.0592. The average molecular weight is 440 g/mol. The highest BCUT2D eigenvalue weighted by atomic mass is 35.5. The van der Waals surface area contributed by atoms with Gasteiger partial charge in [-0.25, -0.2) is 4.98 Å². The van der Waals surface area contributed by atoms with E-state index in [4.69, 9.17) is 16.7 Å². The van der Waals surface area contributed by atoms with Gasteiger partial charge in [-0.05, 0) is 50.1 Å². The molecule has 0 bridgehead atoms. The van der Waals surface area contributed by atoms with Gasteiger partial charge in [0.05, 0.1) is 27.2 Å². The maximum Gasteiger partial charge on any atom is 0.417 e. The Labute approximate surface area is 176 Å². The molecule has 0 fully saturated rings. The number of carbonyl (C=O) groups excluding carboxylic acids is 1. The molecule has 5 nitrogen and oxygen atoms in total. The number of aliphatic hydroxyl groups excluding tert-OH is 1. The van der Waals surface area contributed by atoms with Gasteiger partial charge in [0.1, 0.15) is 5.82 Å². The number of aromatic nitrogens is 2. The summed E-state index contributed by atoms with van der Waals surface area (Å²) in [5.41, 5.74) is 0.105. The van der Waals surface area contributed by atoms with E-state index in [9.17, 15) is 18.0 Å². The molecule has 2 N–H and O–H groups in total. The molecule has 9 heteroatoms. The number of hydrogen-bond donors (Lipinski definition) is 2. The second kappa shape index (κ2) is 7.92. The number of halogens is 4. The predicted octanol–water partition coefficient (Wildman–Crippen LogP) is 4.60. The van der Waals surface area contributed by atoms with E-state index in [1.54, 1.807) is 30.5 Å². The van der Waals surface area contributed by atoms with Crippen LogP contribution in [0.4, 0.5) is 13.2 Å². The van der Waals surface area contributed by atoms with Crippen molar-refractivity contribution in [3.05, 3.63) is 58.4 Å². The molecule has 2 aromatic carbocycles. The van der Waals surface area contributed by atoms with Gasteiger partial charge in [-0.2, -0.15) is 13.2 Å². The number of imidazole rings is 1. The van der Waals surface area contributed by atoms with Crippen LogP contribution in [-0.4, -0.2) is 27.2 Å². The van der Waals surface area contributed by atoms with Gasteiger partial charge in [-0.15, -0.1) is 0 Å². The van der Waals surface area contributed by atoms with E-state index in [2.05, 4.69) is 10.3 Å². The van der Waals surface area contributed by atoms with Crippen molar-refractivity contribution in [3.8, 4) is 5.69 Å². The Morgan fingerprint density at radius 2 is 1.83 bits per heavy atom. The Bertz CT molecular complexity index is 1090. The minimum Gasteiger partial charge on any atom is -0.396 e. The minimum absolute atomic E-state index is 0.00396. The lowest BCUT2D eigenvalue weighted by Gasteiger charge is -2.26. The molecule has 3 aromatic rings. The second-order valence-corrected chi connectivity index (χ2v) is 7.94. The number of amides is 1. The fourth-order valence-corrected chi connectivity index (χ4v) is 3.70. The maximum atomic E-state index is 13.3. The molecule has 0 aliphatic heterocycles. The number of nitrogens with zero attached hydrogens (tertiary/aromatic N) is 2. The number of nitrogens with one attached hydrogen (secondary N) is 1. The van der Waals surface area contributed by atoms with Crippen LogP contribution < -0.4 is 5.32 Å². The largest absolute Gasteiger partial charge is 0.417 e. The maximum absolute atomic E-state index is 13.3. The Morgan fingerprint density at radius 3 is 2.37 bits per heavy atom. The first-order valence-corrected chi connectivity index (χ1v) is 9.60. The fourth-order valence-electron chi connectivity index (χ4n) is 3.43. The quantitative estimate of drug-likeness (QED) is 0.610. The zero-order valence-corrected chi connectivity index (χ0v) is 17.4. The number of alkyl halides is 3. The minimum atomic E-state index is -4.62. The van der Waals surface area contributed by atoms with Crippen LogP contribution in [0.3, 0.4) is 0 Å². The zero-order valence-electron chi connectivity index (χ0n) is 16.6. The van der Waals surface area contributed by atoms with E-state index < -0.39 is 22.3 Å². The van der Waals surface area contributed by atoms with Crippen LogP contribution in [0.15, 0.2) is 36.4 Å². The third kappa shape index (κ3) is 4.29. The van der Waals surface area contributed by atoms with E-state index in [1.165, 1.54) is 13.0 Å². The summed E-state index contributed by atoms with van der Waals surface area (Å²) in [6.45, 7) is 4.80. The van der Waals surface area contributed by atoms with E-state index in [0.29, 0.717) is 23.4 Å². The fraction of sp³-hybridized carbons (Fsp3) is 0.333. The summed E-state index contributed by atoms with van der Waals surface area (Å²) in [6.07, 6.45) is -4.13. The first kappa shape index (κ1) is 22.1. The highest BCUT2D eigenvalue weighted by Gasteiger charge is 2.35. The van der Waals surface area contributed by atoms with Crippen molar-refractivity contribution in [3.63, 3.8) is 0 Å². The van der Waals surface area contributed by atoms with Gasteiger partial charge in [0.2, 0.25) is 5.91 Å². The molecule has 0 aliphatic carbocycles. The normalized spacial score (nSPS) is 12.4. The van der Waals surface area contributed by atoms with Crippen LogP contribution in [0.1, 0.15) is 37.7 Å². The number of rotatable bonds is 5. The second-order valence-electron chi connectivity index (χ2n) is 7.54. The smallest absolute Gasteiger partial charge is 0.396 e. The summed E-state index contributed by atoms with van der Waals surface area (Å²) in [7, 11) is 0. The Balaban J connectivity index is 2.29. The number of carbonyl (C=O) groups is 1. The summed E-state index contributed by atoms with van der Waals surface area (Å²) in [5, 5.41) is 11.5. The van der Waals surface area contributed by atoms with Crippen molar-refractivity contribution in [2.24, 2.45) is 0 Å². The molecule has 1 aromatic heterocycles. The molecular formula is C21H21ClF3N3O2. The third-order valence-corrected chi connectivity index (χ3v) is 5.00. The Kier molecular flexibility index (Phi) is 5.84. The van der Waals surface area contributed by atoms with Gasteiger partial charge in [0.25, 0.3) is 0 Å². The molecule has 0 saturated carbocycles. The van der Waals surface area contributed by atoms with Gasteiger partial charge in [0, 0.05) is 19.2 Å². The van der Waals surface area contributed by atoms with Crippen LogP contribution in [0.25, 0.3) is 16.7 Å². The van der Waals surface area contributed by atoms with Crippen LogP contribution >= 0.6 is 11.6 Å². The third-order valence-electron chi connectivity index (χ3n) is 4.69. The molecule has 0 unspecified atom stereocenters. The summed E-state index contributed by atoms with van der Waals surface area (Å²) < 4.78 is 41.7. The molecule has 0 radical (unpaired) electrons. The van der Waals surface area contributed by atoms with Crippen molar-refractivity contribution in [1.29, 1.82) is 0 Å². The summed E-state index contributed by atoms with van der Waals surface area (Å²) >= 11 is 5.96. The molecule has 0 atom stereocenters. The van der Waals surface area contributed by atoms with E-state index in [1.807, 2.05) is 12.1 Å². The molecule has 0 aliphatic rings. The molecule has 1 amide bonds. The van der Waals surface area contributed by atoms with E-state index >= 15 is 0 Å². The predicted molar refractivity (Wildman–Crippen MR) is 109 cm³/mol. The molecule has 3 rings (SSSR count). The van der Waals surface area contributed by atoms with Gasteiger partial charge in [0.15, 0.2) is 0 Å². The van der Waals surface area contributed by atoms with Crippen LogP contribution in [-0.2, 0) is 22.9 Å². The topological polar surface area (TPSA) is 67.2 Å². The highest BCUT2D eigenvalue weighted by molar-refractivity contribution is 6.32. The Morgan fingerprint density at radius 1 is 1.20 bits per heavy atom. The lowest BCUT2D eigenvalue weighted by Crippen LogP contribution is -2.41. The number of aliphatic hydroxyl groups is 1. The lowest BCUT2D eigenvalue weighted by atomic mass is 10.0. The monoisotopic (exact) mass is 439 g/mol.